The summed E-state index contributed by atoms with van der Waals surface area (Å²) in [7, 11) is 0. The highest BCUT2D eigenvalue weighted by atomic mass is 16.3. The number of hydrazone groups is 1. The molecule has 1 aromatic heterocycles. The molecule has 1 amide bonds. The fraction of sp³-hybridized carbons (Fsp3) is 0.100. The molecule has 142 valence electrons. The Morgan fingerprint density at radius 3 is 2.54 bits per heavy atom. The van der Waals surface area contributed by atoms with Gasteiger partial charge in [0.1, 0.15) is 5.56 Å². The van der Waals surface area contributed by atoms with Gasteiger partial charge in [0, 0.05) is 5.56 Å². The number of nitrogens with zero attached hydrogens (tertiary/aromatic N) is 2. The summed E-state index contributed by atoms with van der Waals surface area (Å²) >= 11 is 0. The van der Waals surface area contributed by atoms with Gasteiger partial charge >= 0.3 is 5.69 Å². The van der Waals surface area contributed by atoms with E-state index in [4.69, 9.17) is 0 Å². The van der Waals surface area contributed by atoms with Gasteiger partial charge in [0.2, 0.25) is 5.88 Å². The van der Waals surface area contributed by atoms with E-state index in [0.717, 1.165) is 21.9 Å². The van der Waals surface area contributed by atoms with Crippen LogP contribution in [0.25, 0.3) is 5.69 Å². The number of hydrogen-bond acceptors (Lipinski definition) is 5. The third kappa shape index (κ3) is 3.75. The van der Waals surface area contributed by atoms with Crippen molar-refractivity contribution in [2.24, 2.45) is 5.10 Å². The summed E-state index contributed by atoms with van der Waals surface area (Å²) in [5.41, 5.74) is 2.96. The van der Waals surface area contributed by atoms with Crippen molar-refractivity contribution in [3.05, 3.63) is 91.6 Å². The van der Waals surface area contributed by atoms with E-state index in [1.165, 1.54) is 0 Å². The van der Waals surface area contributed by atoms with Gasteiger partial charge in [-0.15, -0.1) is 0 Å². The Labute approximate surface area is 159 Å². The van der Waals surface area contributed by atoms with Gasteiger partial charge in [-0.3, -0.25) is 14.6 Å². The van der Waals surface area contributed by atoms with Crippen molar-refractivity contribution >= 4 is 12.1 Å². The Kier molecular flexibility index (Phi) is 5.21. The van der Waals surface area contributed by atoms with Crippen LogP contribution >= 0.6 is 0 Å². The lowest BCUT2D eigenvalue weighted by Gasteiger charge is -2.12. The summed E-state index contributed by atoms with van der Waals surface area (Å²) in [4.78, 5) is 38.5. The molecule has 0 spiro atoms. The van der Waals surface area contributed by atoms with Crippen LogP contribution in [0.15, 0.2) is 63.2 Å². The molecule has 0 atom stereocenters. The molecule has 0 unspecified atom stereocenters. The molecule has 0 saturated heterocycles. The van der Waals surface area contributed by atoms with Crippen molar-refractivity contribution in [1.29, 1.82) is 0 Å². The zero-order valence-corrected chi connectivity index (χ0v) is 15.3. The number of hydrogen-bond donors (Lipinski definition) is 3. The number of aryl methyl sites for hydroxylation is 2. The normalized spacial score (nSPS) is 10.9. The lowest BCUT2D eigenvalue weighted by atomic mass is 10.1. The number of H-pyrrole nitrogens is 1. The second kappa shape index (κ2) is 7.75. The van der Waals surface area contributed by atoms with E-state index >= 15 is 0 Å². The van der Waals surface area contributed by atoms with Gasteiger partial charge in [0.25, 0.3) is 11.5 Å². The van der Waals surface area contributed by atoms with Crippen molar-refractivity contribution in [3.63, 3.8) is 0 Å². The van der Waals surface area contributed by atoms with Crippen LogP contribution in [-0.2, 0) is 0 Å². The van der Waals surface area contributed by atoms with Crippen LogP contribution in [0.1, 0.15) is 27.0 Å². The van der Waals surface area contributed by atoms with Gasteiger partial charge in [-0.1, -0.05) is 35.9 Å². The Morgan fingerprint density at radius 2 is 1.86 bits per heavy atom. The van der Waals surface area contributed by atoms with Crippen molar-refractivity contribution in [1.82, 2.24) is 15.0 Å². The summed E-state index contributed by atoms with van der Waals surface area (Å²) in [6.45, 7) is 3.69. The average Bonchev–Trinajstić information content (AvgIpc) is 2.66. The number of aromatic amines is 1. The molecule has 0 aliphatic rings. The SMILES string of the molecule is Cc1ccc(-n2c(O)c(/C=N\NC(=O)c3ccccc3)c(=O)[nH]c2=O)c(C)c1. The van der Waals surface area contributed by atoms with Gasteiger partial charge in [0.05, 0.1) is 11.9 Å². The number of aromatic nitrogens is 2. The number of benzene rings is 2. The highest BCUT2D eigenvalue weighted by Crippen LogP contribution is 2.19. The number of amides is 1. The summed E-state index contributed by atoms with van der Waals surface area (Å²) in [5.74, 6) is -1.05. The summed E-state index contributed by atoms with van der Waals surface area (Å²) in [5, 5.41) is 14.2. The second-order valence-corrected chi connectivity index (χ2v) is 6.19. The molecular formula is C20H18N4O4. The molecule has 0 bridgehead atoms. The van der Waals surface area contributed by atoms with Gasteiger partial charge in [-0.25, -0.2) is 14.8 Å². The molecule has 0 aliphatic carbocycles. The van der Waals surface area contributed by atoms with E-state index in [1.54, 1.807) is 49.4 Å². The molecule has 0 saturated carbocycles. The average molecular weight is 378 g/mol. The standard InChI is InChI=1S/C20H18N4O4/c1-12-8-9-16(13(2)10-12)24-19(27)15(18(26)22-20(24)28)11-21-23-17(25)14-6-4-3-5-7-14/h3-11,27H,1-2H3,(H,23,25)(H,22,26,28)/b21-11-. The van der Waals surface area contributed by atoms with Crippen LogP contribution < -0.4 is 16.7 Å². The quantitative estimate of drug-likeness (QED) is 0.472. The lowest BCUT2D eigenvalue weighted by Crippen LogP contribution is -2.32. The predicted molar refractivity (Wildman–Crippen MR) is 105 cm³/mol. The minimum absolute atomic E-state index is 0.257. The molecule has 1 heterocycles. The Morgan fingerprint density at radius 1 is 1.14 bits per heavy atom. The highest BCUT2D eigenvalue weighted by Gasteiger charge is 2.15. The Bertz CT molecular complexity index is 1180. The molecule has 3 aromatic rings. The van der Waals surface area contributed by atoms with E-state index in [0.29, 0.717) is 11.3 Å². The monoisotopic (exact) mass is 378 g/mol. The van der Waals surface area contributed by atoms with Crippen LogP contribution in [0.5, 0.6) is 5.88 Å². The van der Waals surface area contributed by atoms with E-state index in [-0.39, 0.29) is 5.56 Å². The molecule has 3 rings (SSSR count). The minimum atomic E-state index is -0.818. The largest absolute Gasteiger partial charge is 0.493 e. The van der Waals surface area contributed by atoms with Crippen molar-refractivity contribution in [2.45, 2.75) is 13.8 Å². The Hall–Kier alpha value is -3.94. The van der Waals surface area contributed by atoms with E-state index in [1.807, 2.05) is 13.0 Å². The Balaban J connectivity index is 1.97. The first-order chi connectivity index (χ1) is 13.4. The van der Waals surface area contributed by atoms with Crippen LogP contribution in [0, 0.1) is 13.8 Å². The van der Waals surface area contributed by atoms with Crippen molar-refractivity contribution in [3.8, 4) is 11.6 Å². The molecule has 28 heavy (non-hydrogen) atoms. The van der Waals surface area contributed by atoms with Crippen LogP contribution in [0.3, 0.4) is 0 Å². The summed E-state index contributed by atoms with van der Waals surface area (Å²) in [6.07, 6.45) is 0.995. The molecule has 8 nitrogen and oxygen atoms in total. The van der Waals surface area contributed by atoms with Gasteiger partial charge in [-0.2, -0.15) is 5.10 Å². The van der Waals surface area contributed by atoms with Crippen LogP contribution in [-0.4, -0.2) is 26.8 Å². The molecule has 0 fully saturated rings. The van der Waals surface area contributed by atoms with Gasteiger partial charge in [0.15, 0.2) is 0 Å². The van der Waals surface area contributed by atoms with Crippen molar-refractivity contribution < 1.29 is 9.90 Å². The van der Waals surface area contributed by atoms with E-state index in [9.17, 15) is 19.5 Å². The fourth-order valence-electron chi connectivity index (χ4n) is 2.74. The van der Waals surface area contributed by atoms with Crippen LogP contribution in [0.4, 0.5) is 0 Å². The fourth-order valence-corrected chi connectivity index (χ4v) is 2.74. The van der Waals surface area contributed by atoms with Crippen molar-refractivity contribution in [2.75, 3.05) is 0 Å². The first-order valence-electron chi connectivity index (χ1n) is 8.43. The maximum Gasteiger partial charge on any atom is 0.335 e. The third-order valence-corrected chi connectivity index (χ3v) is 4.11. The predicted octanol–water partition coefficient (Wildman–Crippen LogP) is 1.61. The number of rotatable bonds is 4. The van der Waals surface area contributed by atoms with Gasteiger partial charge < -0.3 is 5.11 Å². The number of carbonyl (C=O) groups excluding carboxylic acids is 1. The first kappa shape index (κ1) is 18.8. The van der Waals surface area contributed by atoms with Crippen LogP contribution in [0.2, 0.25) is 0 Å². The van der Waals surface area contributed by atoms with Gasteiger partial charge in [-0.05, 0) is 37.6 Å². The molecular weight excluding hydrogens is 360 g/mol. The molecule has 3 N–H and O–H groups in total. The smallest absolute Gasteiger partial charge is 0.335 e. The topological polar surface area (TPSA) is 117 Å². The molecule has 2 aromatic carbocycles. The minimum Gasteiger partial charge on any atom is -0.493 e. The number of aromatic hydroxyl groups is 1. The zero-order valence-electron chi connectivity index (χ0n) is 15.3. The summed E-state index contributed by atoms with van der Waals surface area (Å²) in [6, 6.07) is 13.7. The highest BCUT2D eigenvalue weighted by molar-refractivity contribution is 5.94. The lowest BCUT2D eigenvalue weighted by molar-refractivity contribution is 0.0955. The third-order valence-electron chi connectivity index (χ3n) is 4.11. The number of carbonyl (C=O) groups is 1. The van der Waals surface area contributed by atoms with E-state index < -0.39 is 23.0 Å². The second-order valence-electron chi connectivity index (χ2n) is 6.19. The first-order valence-corrected chi connectivity index (χ1v) is 8.43. The number of nitrogens with one attached hydrogen (secondary N) is 2. The molecule has 0 radical (unpaired) electrons. The summed E-state index contributed by atoms with van der Waals surface area (Å²) < 4.78 is 0.983. The molecule has 0 aliphatic heterocycles. The maximum absolute atomic E-state index is 12.3. The zero-order chi connectivity index (χ0) is 20.3. The van der Waals surface area contributed by atoms with E-state index in [2.05, 4.69) is 15.5 Å². The maximum atomic E-state index is 12.3. The molecule has 8 heteroatoms.